The molecular formula is C15H19N5O2. The van der Waals surface area contributed by atoms with Crippen LogP contribution in [0.3, 0.4) is 0 Å². The lowest BCUT2D eigenvalue weighted by atomic mass is 9.90. The number of hydrogen-bond acceptors (Lipinski definition) is 5. The maximum atomic E-state index is 12.1. The lowest BCUT2D eigenvalue weighted by Gasteiger charge is -2.19. The Kier molecular flexibility index (Phi) is 4.65. The zero-order valence-electron chi connectivity index (χ0n) is 12.8. The number of benzene rings is 1. The first-order valence-corrected chi connectivity index (χ1v) is 7.00. The summed E-state index contributed by atoms with van der Waals surface area (Å²) in [5, 5.41) is 16.4. The monoisotopic (exact) mass is 301 g/mol. The van der Waals surface area contributed by atoms with Crippen molar-refractivity contribution in [1.29, 1.82) is 0 Å². The summed E-state index contributed by atoms with van der Waals surface area (Å²) in [7, 11) is 0. The first-order chi connectivity index (χ1) is 10.4. The van der Waals surface area contributed by atoms with Crippen molar-refractivity contribution in [2.75, 3.05) is 0 Å². The van der Waals surface area contributed by atoms with Gasteiger partial charge in [0.05, 0.1) is 6.04 Å². The Hall–Kier alpha value is -2.57. The highest BCUT2D eigenvalue weighted by Crippen LogP contribution is 2.18. The van der Waals surface area contributed by atoms with Crippen molar-refractivity contribution in [2.45, 2.75) is 33.2 Å². The predicted molar refractivity (Wildman–Crippen MR) is 79.7 cm³/mol. The Morgan fingerprint density at radius 1 is 1.23 bits per heavy atom. The molecule has 0 radical (unpaired) electrons. The van der Waals surface area contributed by atoms with E-state index in [9.17, 15) is 9.59 Å². The molecule has 0 fully saturated rings. The van der Waals surface area contributed by atoms with Gasteiger partial charge in [0.15, 0.2) is 5.82 Å². The van der Waals surface area contributed by atoms with Crippen molar-refractivity contribution < 1.29 is 9.59 Å². The Morgan fingerprint density at radius 3 is 2.45 bits per heavy atom. The second-order valence-electron chi connectivity index (χ2n) is 6.06. The summed E-state index contributed by atoms with van der Waals surface area (Å²) >= 11 is 0. The third-order valence-corrected chi connectivity index (χ3v) is 3.15. The number of aromatic nitrogens is 4. The van der Waals surface area contributed by atoms with Crippen LogP contribution in [0.25, 0.3) is 0 Å². The number of rotatable bonds is 5. The van der Waals surface area contributed by atoms with Gasteiger partial charge in [0.2, 0.25) is 5.78 Å². The van der Waals surface area contributed by atoms with Crippen LogP contribution in [0.1, 0.15) is 38.2 Å². The number of nitrogens with one attached hydrogen (secondary N) is 2. The largest absolute Gasteiger partial charge is 0.339 e. The molecule has 0 saturated heterocycles. The maximum absolute atomic E-state index is 12.1. The average Bonchev–Trinajstić information content (AvgIpc) is 3.00. The van der Waals surface area contributed by atoms with Gasteiger partial charge in [-0.05, 0) is 5.56 Å². The van der Waals surface area contributed by atoms with E-state index in [4.69, 9.17) is 0 Å². The highest BCUT2D eigenvalue weighted by Gasteiger charge is 2.30. The smallest absolute Gasteiger partial charge is 0.288 e. The highest BCUT2D eigenvalue weighted by molar-refractivity contribution is 6.37. The predicted octanol–water partition coefficient (Wildman–Crippen LogP) is 1.21. The number of ketones is 1. The molecule has 0 spiro atoms. The minimum absolute atomic E-state index is 0.346. The van der Waals surface area contributed by atoms with E-state index >= 15 is 0 Å². The van der Waals surface area contributed by atoms with Crippen molar-refractivity contribution in [3.05, 3.63) is 41.7 Å². The van der Waals surface area contributed by atoms with E-state index in [0.717, 1.165) is 5.56 Å². The highest BCUT2D eigenvalue weighted by atomic mass is 16.2. The Bertz CT molecular complexity index is 632. The number of nitrogens with zero attached hydrogens (tertiary/aromatic N) is 3. The molecule has 0 bridgehead atoms. The second kappa shape index (κ2) is 6.46. The molecule has 2 aromatic rings. The molecule has 1 atom stereocenters. The van der Waals surface area contributed by atoms with Crippen molar-refractivity contribution in [2.24, 2.45) is 5.41 Å². The number of hydrogen-bond donors (Lipinski definition) is 2. The van der Waals surface area contributed by atoms with Crippen LogP contribution in [0.5, 0.6) is 0 Å². The van der Waals surface area contributed by atoms with Crippen molar-refractivity contribution in [3.63, 3.8) is 0 Å². The number of carbonyl (C=O) groups is 2. The molecule has 1 amide bonds. The molecule has 116 valence electrons. The standard InChI is InChI=1S/C15H19N5O2/c1-15(2,3)12(21)14(22)16-11(13-17-19-20-18-13)9-10-7-5-4-6-8-10/h4-8,11H,9H2,1-3H3,(H,16,22)(H,17,18,19,20). The van der Waals surface area contributed by atoms with Crippen LogP contribution in [-0.4, -0.2) is 32.3 Å². The first-order valence-electron chi connectivity index (χ1n) is 7.00. The van der Waals surface area contributed by atoms with Crippen molar-refractivity contribution >= 4 is 11.7 Å². The molecule has 0 saturated carbocycles. The van der Waals surface area contributed by atoms with Crippen LogP contribution in [0.4, 0.5) is 0 Å². The van der Waals surface area contributed by atoms with E-state index in [-0.39, 0.29) is 0 Å². The number of Topliss-reactive ketones (excluding diaryl/α,β-unsaturated/α-hetero) is 1. The quantitative estimate of drug-likeness (QED) is 0.809. The fourth-order valence-corrected chi connectivity index (χ4v) is 1.94. The van der Waals surface area contributed by atoms with Gasteiger partial charge >= 0.3 is 0 Å². The van der Waals surface area contributed by atoms with Crippen LogP contribution in [0.2, 0.25) is 0 Å². The average molecular weight is 301 g/mol. The summed E-state index contributed by atoms with van der Waals surface area (Å²) in [6.07, 6.45) is 0.476. The normalized spacial score (nSPS) is 12.7. The topological polar surface area (TPSA) is 101 Å². The molecule has 1 heterocycles. The second-order valence-corrected chi connectivity index (χ2v) is 6.06. The first kappa shape index (κ1) is 15.8. The van der Waals surface area contributed by atoms with Gasteiger partial charge in [0.25, 0.3) is 5.91 Å². The van der Waals surface area contributed by atoms with E-state index in [2.05, 4.69) is 25.9 Å². The summed E-state index contributed by atoms with van der Waals surface area (Å²) in [5.74, 6) is -0.772. The minimum Gasteiger partial charge on any atom is -0.339 e. The van der Waals surface area contributed by atoms with Gasteiger partial charge in [-0.1, -0.05) is 56.3 Å². The lowest BCUT2D eigenvalue weighted by molar-refractivity contribution is -0.142. The molecule has 1 aromatic carbocycles. The molecule has 0 aliphatic heterocycles. The number of aromatic amines is 1. The summed E-state index contributed by atoms with van der Waals surface area (Å²) in [4.78, 5) is 24.2. The summed E-state index contributed by atoms with van der Waals surface area (Å²) in [6, 6.07) is 9.08. The molecule has 22 heavy (non-hydrogen) atoms. The molecule has 1 aromatic heterocycles. The Morgan fingerprint density at radius 2 is 1.91 bits per heavy atom. The molecule has 0 aliphatic rings. The van der Waals surface area contributed by atoms with E-state index in [0.29, 0.717) is 12.2 Å². The molecule has 2 N–H and O–H groups in total. The van der Waals surface area contributed by atoms with Crippen LogP contribution >= 0.6 is 0 Å². The summed E-state index contributed by atoms with van der Waals surface area (Å²) in [6.45, 7) is 5.11. The Labute approximate surface area is 128 Å². The van der Waals surface area contributed by atoms with Gasteiger partial charge in [-0.25, -0.2) is 0 Å². The third-order valence-electron chi connectivity index (χ3n) is 3.15. The van der Waals surface area contributed by atoms with Gasteiger partial charge < -0.3 is 5.32 Å². The zero-order chi connectivity index (χ0) is 16.2. The van der Waals surface area contributed by atoms with Gasteiger partial charge in [-0.15, -0.1) is 10.2 Å². The van der Waals surface area contributed by atoms with Gasteiger partial charge in [-0.3, -0.25) is 9.59 Å². The van der Waals surface area contributed by atoms with Gasteiger partial charge in [-0.2, -0.15) is 5.21 Å². The molecule has 0 aliphatic carbocycles. The van der Waals surface area contributed by atoms with Crippen LogP contribution in [0, 0.1) is 5.41 Å². The SMILES string of the molecule is CC(C)(C)C(=O)C(=O)NC(Cc1ccccc1)c1nn[nH]n1. The number of carbonyl (C=O) groups excluding carboxylic acids is 2. The van der Waals surface area contributed by atoms with Gasteiger partial charge in [0.1, 0.15) is 0 Å². The van der Waals surface area contributed by atoms with Gasteiger partial charge in [0, 0.05) is 11.8 Å². The van der Waals surface area contributed by atoms with E-state index in [1.807, 2.05) is 30.3 Å². The summed E-state index contributed by atoms with van der Waals surface area (Å²) in [5.41, 5.74) is 0.263. The number of amides is 1. The van der Waals surface area contributed by atoms with E-state index in [1.165, 1.54) is 0 Å². The lowest BCUT2D eigenvalue weighted by Crippen LogP contribution is -2.41. The van der Waals surface area contributed by atoms with Crippen molar-refractivity contribution in [3.8, 4) is 0 Å². The van der Waals surface area contributed by atoms with Crippen LogP contribution in [0.15, 0.2) is 30.3 Å². The molecule has 1 unspecified atom stereocenters. The number of tetrazole rings is 1. The van der Waals surface area contributed by atoms with Crippen LogP contribution in [-0.2, 0) is 16.0 Å². The van der Waals surface area contributed by atoms with Crippen molar-refractivity contribution in [1.82, 2.24) is 25.9 Å². The zero-order valence-corrected chi connectivity index (χ0v) is 12.8. The molecule has 2 rings (SSSR count). The molecule has 7 nitrogen and oxygen atoms in total. The Balaban J connectivity index is 2.16. The molecular weight excluding hydrogens is 282 g/mol. The number of H-pyrrole nitrogens is 1. The fourth-order valence-electron chi connectivity index (χ4n) is 1.94. The third kappa shape index (κ3) is 3.97. The van der Waals surface area contributed by atoms with E-state index in [1.54, 1.807) is 20.8 Å². The van der Waals surface area contributed by atoms with Crippen LogP contribution < -0.4 is 5.32 Å². The minimum atomic E-state index is -0.737. The summed E-state index contributed by atoms with van der Waals surface area (Å²) < 4.78 is 0. The maximum Gasteiger partial charge on any atom is 0.288 e. The van der Waals surface area contributed by atoms with E-state index < -0.39 is 23.1 Å². The molecule has 7 heteroatoms. The fraction of sp³-hybridized carbons (Fsp3) is 0.400.